The predicted octanol–water partition coefficient (Wildman–Crippen LogP) is 3.32. The number of para-hydroxylation sites is 1. The highest BCUT2D eigenvalue weighted by Gasteiger charge is 2.29. The zero-order chi connectivity index (χ0) is 21.8. The fourth-order valence-corrected chi connectivity index (χ4v) is 3.84. The smallest absolute Gasteiger partial charge is 0.328 e. The highest BCUT2D eigenvalue weighted by Crippen LogP contribution is 2.34. The van der Waals surface area contributed by atoms with E-state index < -0.39 is 11.9 Å². The molecule has 3 N–H and O–H groups in total. The Bertz CT molecular complexity index is 1120. The van der Waals surface area contributed by atoms with Gasteiger partial charge in [0.15, 0.2) is 5.78 Å². The van der Waals surface area contributed by atoms with Crippen LogP contribution >= 0.6 is 0 Å². The molecule has 1 aliphatic rings. The van der Waals surface area contributed by atoms with Crippen LogP contribution in [-0.4, -0.2) is 42.5 Å². The van der Waals surface area contributed by atoms with E-state index in [9.17, 15) is 14.4 Å². The second kappa shape index (κ2) is 8.77. The van der Waals surface area contributed by atoms with Crippen LogP contribution in [0.25, 0.3) is 10.9 Å². The van der Waals surface area contributed by atoms with Crippen molar-refractivity contribution in [3.8, 4) is 0 Å². The Kier molecular flexibility index (Phi) is 6.15. The monoisotopic (exact) mass is 409 g/mol. The number of benzene rings is 1. The average molecular weight is 409 g/mol. The summed E-state index contributed by atoms with van der Waals surface area (Å²) in [5.74, 6) is -2.55. The summed E-state index contributed by atoms with van der Waals surface area (Å²) in [6, 6.07) is 8.24. The van der Waals surface area contributed by atoms with Crippen LogP contribution in [0.15, 0.2) is 42.7 Å². The van der Waals surface area contributed by atoms with Crippen molar-refractivity contribution in [2.45, 2.75) is 39.2 Å². The van der Waals surface area contributed by atoms with E-state index in [4.69, 9.17) is 10.2 Å². The van der Waals surface area contributed by atoms with Gasteiger partial charge in [-0.05, 0) is 32.8 Å². The number of nitrogens with one attached hydrogen (secondary N) is 1. The van der Waals surface area contributed by atoms with Gasteiger partial charge in [-0.1, -0.05) is 18.2 Å². The zero-order valence-corrected chi connectivity index (χ0v) is 16.8. The van der Waals surface area contributed by atoms with Crippen LogP contribution < -0.4 is 0 Å². The predicted molar refractivity (Wildman–Crippen MR) is 111 cm³/mol. The fraction of sp³-hybridized carbons (Fsp3) is 0.273. The number of aliphatic carboxylic acids is 2. The summed E-state index contributed by atoms with van der Waals surface area (Å²) in [5, 5.41) is 16.7. The molecule has 1 aliphatic heterocycles. The molecule has 2 aromatic heterocycles. The number of carbonyl (C=O) groups excluding carboxylic acids is 1. The van der Waals surface area contributed by atoms with Gasteiger partial charge in [0.2, 0.25) is 0 Å². The highest BCUT2D eigenvalue weighted by atomic mass is 16.4. The van der Waals surface area contributed by atoms with Gasteiger partial charge in [-0.15, -0.1) is 0 Å². The van der Waals surface area contributed by atoms with Gasteiger partial charge >= 0.3 is 11.9 Å². The second-order valence-corrected chi connectivity index (χ2v) is 7.10. The van der Waals surface area contributed by atoms with Crippen LogP contribution in [-0.2, 0) is 22.6 Å². The minimum absolute atomic E-state index is 0.182. The molecule has 156 valence electrons. The van der Waals surface area contributed by atoms with E-state index in [0.717, 1.165) is 41.7 Å². The number of ketones is 1. The van der Waals surface area contributed by atoms with E-state index in [1.165, 1.54) is 11.2 Å². The molecule has 0 saturated carbocycles. The van der Waals surface area contributed by atoms with Crippen molar-refractivity contribution >= 4 is 28.6 Å². The molecule has 1 aromatic carbocycles. The SMILES string of the molecule is Cc1[nH]cnc1C(C)C(=O)c1c2n(c3ccccc13)CCC2.O=C(O)C=CC(=O)O. The maximum atomic E-state index is 13.2. The van der Waals surface area contributed by atoms with Crippen molar-refractivity contribution in [3.63, 3.8) is 0 Å². The number of aromatic amines is 1. The summed E-state index contributed by atoms with van der Waals surface area (Å²) in [6.07, 6.45) is 4.89. The number of hydrogen-bond donors (Lipinski definition) is 3. The number of fused-ring (bicyclic) bond motifs is 3. The molecule has 0 saturated heterocycles. The Balaban J connectivity index is 0.000000275. The summed E-state index contributed by atoms with van der Waals surface area (Å²) < 4.78 is 2.31. The summed E-state index contributed by atoms with van der Waals surface area (Å²) in [5.41, 5.74) is 5.12. The lowest BCUT2D eigenvalue weighted by molar-refractivity contribution is -0.134. The van der Waals surface area contributed by atoms with Crippen molar-refractivity contribution in [1.29, 1.82) is 0 Å². The molecule has 0 bridgehead atoms. The molecule has 8 heteroatoms. The van der Waals surface area contributed by atoms with E-state index in [2.05, 4.69) is 26.7 Å². The number of aromatic nitrogens is 3. The molecule has 30 heavy (non-hydrogen) atoms. The molecule has 0 aliphatic carbocycles. The Morgan fingerprint density at radius 2 is 1.83 bits per heavy atom. The Morgan fingerprint density at radius 1 is 1.17 bits per heavy atom. The molecule has 3 aromatic rings. The molecule has 0 fully saturated rings. The average Bonchev–Trinajstić information content (AvgIpc) is 3.41. The van der Waals surface area contributed by atoms with Crippen LogP contribution in [0, 0.1) is 6.92 Å². The number of carboxylic acid groups (broad SMARTS) is 2. The number of aryl methyl sites for hydroxylation is 2. The molecule has 4 rings (SSSR count). The number of carbonyl (C=O) groups is 3. The van der Waals surface area contributed by atoms with Crippen molar-refractivity contribution in [3.05, 3.63) is 65.4 Å². The van der Waals surface area contributed by atoms with E-state index in [1.54, 1.807) is 6.33 Å². The van der Waals surface area contributed by atoms with Gasteiger partial charge in [0.25, 0.3) is 0 Å². The fourth-order valence-electron chi connectivity index (χ4n) is 3.84. The first-order chi connectivity index (χ1) is 14.3. The van der Waals surface area contributed by atoms with Crippen LogP contribution in [0.5, 0.6) is 0 Å². The summed E-state index contributed by atoms with van der Waals surface area (Å²) >= 11 is 0. The van der Waals surface area contributed by atoms with Gasteiger partial charge in [-0.3, -0.25) is 4.79 Å². The van der Waals surface area contributed by atoms with Crippen molar-refractivity contribution in [2.75, 3.05) is 0 Å². The first kappa shape index (κ1) is 21.0. The zero-order valence-electron chi connectivity index (χ0n) is 16.8. The lowest BCUT2D eigenvalue weighted by Crippen LogP contribution is -2.12. The first-order valence-electron chi connectivity index (χ1n) is 9.59. The maximum absolute atomic E-state index is 13.2. The minimum atomic E-state index is -1.26. The largest absolute Gasteiger partial charge is 0.478 e. The van der Waals surface area contributed by atoms with Crippen LogP contribution in [0.1, 0.15) is 46.7 Å². The maximum Gasteiger partial charge on any atom is 0.328 e. The van der Waals surface area contributed by atoms with Crippen LogP contribution in [0.4, 0.5) is 0 Å². The van der Waals surface area contributed by atoms with E-state index in [1.807, 2.05) is 26.0 Å². The van der Waals surface area contributed by atoms with Crippen molar-refractivity contribution in [1.82, 2.24) is 14.5 Å². The second-order valence-electron chi connectivity index (χ2n) is 7.10. The first-order valence-corrected chi connectivity index (χ1v) is 9.59. The summed E-state index contributed by atoms with van der Waals surface area (Å²) in [4.78, 5) is 39.7. The molecule has 8 nitrogen and oxygen atoms in total. The van der Waals surface area contributed by atoms with Crippen LogP contribution in [0.2, 0.25) is 0 Å². The standard InChI is InChI=1S/C18H19N3O.C4H4O4/c1-11(17-12(2)19-10-20-17)18(22)16-13-6-3-4-7-14(13)21-9-5-8-15(16)21;5-3(6)1-2-4(7)8/h3-4,6-7,10-11H,5,8-9H2,1-2H3,(H,19,20);1-2H,(H,5,6)(H,7,8). The lowest BCUT2D eigenvalue weighted by atomic mass is 9.92. The van der Waals surface area contributed by atoms with Gasteiger partial charge in [0.1, 0.15) is 0 Å². The van der Waals surface area contributed by atoms with Gasteiger partial charge < -0.3 is 19.8 Å². The summed E-state index contributed by atoms with van der Waals surface area (Å²) in [6.45, 7) is 4.94. The number of hydrogen-bond acceptors (Lipinski definition) is 4. The van der Waals surface area contributed by atoms with E-state index in [-0.39, 0.29) is 11.7 Å². The van der Waals surface area contributed by atoms with Crippen molar-refractivity contribution < 1.29 is 24.6 Å². The summed E-state index contributed by atoms with van der Waals surface area (Å²) in [7, 11) is 0. The van der Waals surface area contributed by atoms with Gasteiger partial charge in [-0.25, -0.2) is 14.6 Å². The highest BCUT2D eigenvalue weighted by molar-refractivity contribution is 6.12. The van der Waals surface area contributed by atoms with Crippen LogP contribution in [0.3, 0.4) is 0 Å². The Morgan fingerprint density at radius 3 is 2.43 bits per heavy atom. The minimum Gasteiger partial charge on any atom is -0.478 e. The topological polar surface area (TPSA) is 125 Å². The molecule has 3 heterocycles. The van der Waals surface area contributed by atoms with E-state index in [0.29, 0.717) is 12.2 Å². The van der Waals surface area contributed by atoms with E-state index >= 15 is 0 Å². The number of Topliss-reactive ketones (excluding diaryl/α,β-unsaturated/α-hetero) is 1. The van der Waals surface area contributed by atoms with Gasteiger partial charge in [-0.2, -0.15) is 0 Å². The molecule has 1 unspecified atom stereocenters. The van der Waals surface area contributed by atoms with Crippen molar-refractivity contribution in [2.24, 2.45) is 0 Å². The third kappa shape index (κ3) is 4.17. The quantitative estimate of drug-likeness (QED) is 0.438. The van der Waals surface area contributed by atoms with Gasteiger partial charge in [0, 0.05) is 46.6 Å². The Hall–Kier alpha value is -3.68. The molecule has 1 atom stereocenters. The molecular weight excluding hydrogens is 386 g/mol. The Labute approximate surface area is 172 Å². The van der Waals surface area contributed by atoms with Gasteiger partial charge in [0.05, 0.1) is 17.9 Å². The third-order valence-electron chi connectivity index (χ3n) is 5.16. The number of carboxylic acids is 2. The normalized spacial score (nSPS) is 13.7. The molecular formula is C22H23N3O5. The molecule has 0 spiro atoms. The number of H-pyrrole nitrogens is 1. The lowest BCUT2D eigenvalue weighted by Gasteiger charge is -2.10. The molecule has 0 amide bonds. The number of nitrogens with zero attached hydrogens (tertiary/aromatic N) is 2. The number of rotatable bonds is 5. The number of imidazole rings is 1. The third-order valence-corrected chi connectivity index (χ3v) is 5.16. The molecule has 0 radical (unpaired) electrons.